The average Bonchev–Trinajstić information content (AvgIpc) is 3.23. The molecule has 0 unspecified atom stereocenters. The number of aromatic nitrogens is 2. The average molecular weight is 413 g/mol. The highest BCUT2D eigenvalue weighted by Gasteiger charge is 2.16. The minimum atomic E-state index is -0.808. The van der Waals surface area contributed by atoms with E-state index >= 15 is 0 Å². The van der Waals surface area contributed by atoms with Crippen LogP contribution in [0.25, 0.3) is 0 Å². The summed E-state index contributed by atoms with van der Waals surface area (Å²) in [6, 6.07) is 10.5. The van der Waals surface area contributed by atoms with Crippen LogP contribution in [-0.4, -0.2) is 41.1 Å². The van der Waals surface area contributed by atoms with E-state index in [4.69, 9.17) is 0 Å². The van der Waals surface area contributed by atoms with Crippen molar-refractivity contribution in [1.29, 1.82) is 0 Å². The molecule has 158 valence electrons. The first kappa shape index (κ1) is 21.3. The normalized spacial score (nSPS) is 10.7. The molecule has 0 saturated carbocycles. The Bertz CT molecular complexity index is 958. The van der Waals surface area contributed by atoms with Crippen LogP contribution in [-0.2, 0) is 13.1 Å². The van der Waals surface area contributed by atoms with Crippen LogP contribution in [0.1, 0.15) is 12.0 Å². The largest absolute Gasteiger partial charge is 0.378 e. The van der Waals surface area contributed by atoms with E-state index in [1.807, 2.05) is 54.0 Å². The maximum atomic E-state index is 14.0. The first-order chi connectivity index (χ1) is 14.4. The van der Waals surface area contributed by atoms with Gasteiger partial charge in [0.25, 0.3) is 0 Å². The Kier molecular flexibility index (Phi) is 7.00. The van der Waals surface area contributed by atoms with E-state index in [0.29, 0.717) is 26.1 Å². The SMILES string of the molecule is CN(C)c1ccc(CN(CCCn2ccnc2)C(=O)Nc2ccc(F)cc2F)cc1. The van der Waals surface area contributed by atoms with Crippen LogP contribution >= 0.6 is 0 Å². The molecule has 30 heavy (non-hydrogen) atoms. The molecule has 8 heteroatoms. The van der Waals surface area contributed by atoms with Gasteiger partial charge in [-0.3, -0.25) is 0 Å². The van der Waals surface area contributed by atoms with Gasteiger partial charge in [0.05, 0.1) is 12.0 Å². The topological polar surface area (TPSA) is 53.4 Å². The molecule has 0 saturated heterocycles. The third-order valence-electron chi connectivity index (χ3n) is 4.69. The smallest absolute Gasteiger partial charge is 0.322 e. The van der Waals surface area contributed by atoms with Crippen molar-refractivity contribution in [3.63, 3.8) is 0 Å². The first-order valence-corrected chi connectivity index (χ1v) is 9.65. The molecule has 0 atom stereocenters. The van der Waals surface area contributed by atoms with E-state index in [9.17, 15) is 13.6 Å². The molecule has 0 aliphatic carbocycles. The maximum Gasteiger partial charge on any atom is 0.322 e. The highest BCUT2D eigenvalue weighted by Crippen LogP contribution is 2.18. The van der Waals surface area contributed by atoms with Crippen molar-refractivity contribution in [3.05, 3.63) is 78.4 Å². The Morgan fingerprint density at radius 1 is 1.13 bits per heavy atom. The Morgan fingerprint density at radius 3 is 2.53 bits per heavy atom. The quantitative estimate of drug-likeness (QED) is 0.597. The summed E-state index contributed by atoms with van der Waals surface area (Å²) in [7, 11) is 3.92. The third kappa shape index (κ3) is 5.79. The number of hydrogen-bond donors (Lipinski definition) is 1. The van der Waals surface area contributed by atoms with Gasteiger partial charge in [-0.1, -0.05) is 12.1 Å². The van der Waals surface area contributed by atoms with Gasteiger partial charge in [0, 0.05) is 57.9 Å². The Hall–Kier alpha value is -3.42. The number of imidazole rings is 1. The number of rotatable bonds is 8. The number of urea groups is 1. The molecule has 6 nitrogen and oxygen atoms in total. The number of carbonyl (C=O) groups is 1. The van der Waals surface area contributed by atoms with E-state index in [-0.39, 0.29) is 5.69 Å². The monoisotopic (exact) mass is 413 g/mol. The zero-order valence-corrected chi connectivity index (χ0v) is 17.1. The number of anilines is 2. The van der Waals surface area contributed by atoms with Crippen molar-refractivity contribution in [2.45, 2.75) is 19.5 Å². The highest BCUT2D eigenvalue weighted by molar-refractivity contribution is 5.89. The molecule has 3 rings (SSSR count). The summed E-state index contributed by atoms with van der Waals surface area (Å²) in [5.74, 6) is -1.50. The number of nitrogens with zero attached hydrogens (tertiary/aromatic N) is 4. The summed E-state index contributed by atoms with van der Waals surface area (Å²) in [6.07, 6.45) is 5.98. The molecule has 0 bridgehead atoms. The molecule has 3 aromatic rings. The third-order valence-corrected chi connectivity index (χ3v) is 4.69. The molecule has 0 spiro atoms. The lowest BCUT2D eigenvalue weighted by Crippen LogP contribution is -2.36. The van der Waals surface area contributed by atoms with Gasteiger partial charge >= 0.3 is 6.03 Å². The molecule has 1 aromatic heterocycles. The number of halogens is 2. The molecule has 1 heterocycles. The Balaban J connectivity index is 1.70. The molecule has 2 amide bonds. The molecule has 0 aliphatic rings. The number of aryl methyl sites for hydroxylation is 1. The van der Waals surface area contributed by atoms with Crippen LogP contribution in [0.4, 0.5) is 25.0 Å². The molecular weight excluding hydrogens is 388 g/mol. The second-order valence-electron chi connectivity index (χ2n) is 7.19. The van der Waals surface area contributed by atoms with Crippen LogP contribution in [0.5, 0.6) is 0 Å². The molecule has 0 fully saturated rings. The van der Waals surface area contributed by atoms with Gasteiger partial charge < -0.3 is 19.7 Å². The lowest BCUT2D eigenvalue weighted by atomic mass is 10.2. The summed E-state index contributed by atoms with van der Waals surface area (Å²) in [5.41, 5.74) is 1.96. The number of nitrogens with one attached hydrogen (secondary N) is 1. The summed E-state index contributed by atoms with van der Waals surface area (Å²) < 4.78 is 29.1. The molecule has 2 aromatic carbocycles. The first-order valence-electron chi connectivity index (χ1n) is 9.65. The predicted octanol–water partition coefficient (Wildman–Crippen LogP) is 4.35. The molecule has 0 radical (unpaired) electrons. The van der Waals surface area contributed by atoms with Gasteiger partial charge in [0.1, 0.15) is 11.6 Å². The Morgan fingerprint density at radius 2 is 1.90 bits per heavy atom. The second kappa shape index (κ2) is 9.87. The van der Waals surface area contributed by atoms with Crippen LogP contribution in [0, 0.1) is 11.6 Å². The van der Waals surface area contributed by atoms with Crippen molar-refractivity contribution >= 4 is 17.4 Å². The van der Waals surface area contributed by atoms with Gasteiger partial charge in [-0.25, -0.2) is 18.6 Å². The summed E-state index contributed by atoms with van der Waals surface area (Å²) in [6.45, 7) is 1.53. The summed E-state index contributed by atoms with van der Waals surface area (Å²) >= 11 is 0. The van der Waals surface area contributed by atoms with Crippen LogP contribution in [0.2, 0.25) is 0 Å². The lowest BCUT2D eigenvalue weighted by molar-refractivity contribution is 0.207. The summed E-state index contributed by atoms with van der Waals surface area (Å²) in [5, 5.41) is 2.55. The van der Waals surface area contributed by atoms with Crippen molar-refractivity contribution < 1.29 is 13.6 Å². The van der Waals surface area contributed by atoms with Crippen LogP contribution < -0.4 is 10.2 Å². The van der Waals surface area contributed by atoms with E-state index in [0.717, 1.165) is 23.4 Å². The summed E-state index contributed by atoms with van der Waals surface area (Å²) in [4.78, 5) is 20.5. The van der Waals surface area contributed by atoms with Crippen molar-refractivity contribution in [2.24, 2.45) is 0 Å². The van der Waals surface area contributed by atoms with E-state index in [2.05, 4.69) is 10.3 Å². The number of benzene rings is 2. The van der Waals surface area contributed by atoms with E-state index in [1.165, 1.54) is 6.07 Å². The fourth-order valence-corrected chi connectivity index (χ4v) is 3.02. The zero-order chi connectivity index (χ0) is 21.5. The zero-order valence-electron chi connectivity index (χ0n) is 17.1. The standard InChI is InChI=1S/C22H25F2N5O/c1-27(2)19-7-4-17(5-8-19)15-29(12-3-11-28-13-10-25-16-28)22(30)26-21-9-6-18(23)14-20(21)24/h4-10,13-14,16H,3,11-12,15H2,1-2H3,(H,26,30). The fraction of sp³-hybridized carbons (Fsp3) is 0.273. The van der Waals surface area contributed by atoms with Gasteiger partial charge in [-0.15, -0.1) is 0 Å². The maximum absolute atomic E-state index is 14.0. The van der Waals surface area contributed by atoms with Crippen LogP contribution in [0.3, 0.4) is 0 Å². The van der Waals surface area contributed by atoms with E-state index in [1.54, 1.807) is 17.4 Å². The van der Waals surface area contributed by atoms with Crippen molar-refractivity contribution in [1.82, 2.24) is 14.5 Å². The van der Waals surface area contributed by atoms with Crippen molar-refractivity contribution in [3.8, 4) is 0 Å². The Labute approximate surface area is 174 Å². The molecule has 1 N–H and O–H groups in total. The lowest BCUT2D eigenvalue weighted by Gasteiger charge is -2.24. The number of hydrogen-bond acceptors (Lipinski definition) is 3. The number of carbonyl (C=O) groups excluding carboxylic acids is 1. The second-order valence-corrected chi connectivity index (χ2v) is 7.19. The minimum Gasteiger partial charge on any atom is -0.378 e. The van der Waals surface area contributed by atoms with Gasteiger partial charge in [-0.2, -0.15) is 0 Å². The fourth-order valence-electron chi connectivity index (χ4n) is 3.02. The predicted molar refractivity (Wildman–Crippen MR) is 113 cm³/mol. The minimum absolute atomic E-state index is 0.0519. The van der Waals surface area contributed by atoms with Gasteiger partial charge in [0.15, 0.2) is 0 Å². The molecule has 0 aliphatic heterocycles. The van der Waals surface area contributed by atoms with Gasteiger partial charge in [0.2, 0.25) is 0 Å². The van der Waals surface area contributed by atoms with Crippen LogP contribution in [0.15, 0.2) is 61.2 Å². The number of amides is 2. The van der Waals surface area contributed by atoms with Gasteiger partial charge in [-0.05, 0) is 36.2 Å². The molecular formula is C22H25F2N5O. The van der Waals surface area contributed by atoms with Crippen molar-refractivity contribution in [2.75, 3.05) is 30.9 Å². The van der Waals surface area contributed by atoms with E-state index < -0.39 is 17.7 Å². The highest BCUT2D eigenvalue weighted by atomic mass is 19.1.